The van der Waals surface area contributed by atoms with Crippen molar-refractivity contribution in [2.45, 2.75) is 31.2 Å². The Balaban J connectivity index is 2.45. The number of anilines is 2. The number of nitrogens with two attached hydrogens (primary N) is 2. The molecule has 1 fully saturated rings. The van der Waals surface area contributed by atoms with Gasteiger partial charge in [-0.05, 0) is 32.2 Å². The van der Waals surface area contributed by atoms with Gasteiger partial charge in [0.05, 0.1) is 0 Å². The zero-order valence-corrected chi connectivity index (χ0v) is 12.9. The summed E-state index contributed by atoms with van der Waals surface area (Å²) in [6.07, 6.45) is 3.24. The smallest absolute Gasteiger partial charge is 0.182 e. The molecule has 1 aliphatic heterocycles. The van der Waals surface area contributed by atoms with Crippen molar-refractivity contribution in [1.82, 2.24) is 9.78 Å². The maximum Gasteiger partial charge on any atom is 0.182 e. The van der Waals surface area contributed by atoms with Crippen LogP contribution in [0.1, 0.15) is 19.8 Å². The summed E-state index contributed by atoms with van der Waals surface area (Å²) in [6.45, 7) is 4.56. The molecule has 1 aliphatic rings. The third-order valence-corrected chi connectivity index (χ3v) is 4.88. The van der Waals surface area contributed by atoms with Crippen LogP contribution >= 0.6 is 0 Å². The average Bonchev–Trinajstić information content (AvgIpc) is 2.75. The monoisotopic (exact) mass is 301 g/mol. The summed E-state index contributed by atoms with van der Waals surface area (Å²) in [6, 6.07) is 0. The zero-order chi connectivity index (χ0) is 14.9. The second-order valence-electron chi connectivity index (χ2n) is 5.32. The molecule has 0 aromatic carbocycles. The van der Waals surface area contributed by atoms with Crippen molar-refractivity contribution >= 4 is 21.5 Å². The third-order valence-electron chi connectivity index (χ3n) is 3.75. The standard InChI is InChI=1S/C12H23N5O2S/c1-3-17-11(14)10(20(2,18)19)12(15-17)16-6-4-5-9(7-13)8-16/h9H,3-8,13-14H2,1-2H3. The van der Waals surface area contributed by atoms with Crippen molar-refractivity contribution in [2.24, 2.45) is 11.7 Å². The Morgan fingerprint density at radius 2 is 2.15 bits per heavy atom. The normalized spacial score (nSPS) is 20.4. The van der Waals surface area contributed by atoms with E-state index in [9.17, 15) is 8.42 Å². The first kappa shape index (κ1) is 15.1. The molecule has 4 N–H and O–H groups in total. The Kier molecular flexibility index (Phi) is 4.24. The van der Waals surface area contributed by atoms with E-state index in [1.165, 1.54) is 10.9 Å². The predicted octanol–water partition coefficient (Wildman–Crippen LogP) is 0.0638. The quantitative estimate of drug-likeness (QED) is 0.814. The molecule has 1 unspecified atom stereocenters. The van der Waals surface area contributed by atoms with Crippen molar-refractivity contribution in [3.05, 3.63) is 0 Å². The molecule has 7 nitrogen and oxygen atoms in total. The van der Waals surface area contributed by atoms with Gasteiger partial charge < -0.3 is 16.4 Å². The Bertz CT molecular complexity index is 581. The molecule has 1 saturated heterocycles. The van der Waals surface area contributed by atoms with Gasteiger partial charge in [0.25, 0.3) is 0 Å². The highest BCUT2D eigenvalue weighted by Crippen LogP contribution is 2.32. The maximum atomic E-state index is 12.0. The number of aromatic nitrogens is 2. The number of hydrogen-bond donors (Lipinski definition) is 2. The fourth-order valence-electron chi connectivity index (χ4n) is 2.70. The van der Waals surface area contributed by atoms with Crippen molar-refractivity contribution in [1.29, 1.82) is 0 Å². The molecule has 20 heavy (non-hydrogen) atoms. The van der Waals surface area contributed by atoms with Crippen LogP contribution in [0.3, 0.4) is 0 Å². The molecule has 0 amide bonds. The van der Waals surface area contributed by atoms with Gasteiger partial charge >= 0.3 is 0 Å². The van der Waals surface area contributed by atoms with Gasteiger partial charge in [-0.1, -0.05) is 0 Å². The summed E-state index contributed by atoms with van der Waals surface area (Å²) < 4.78 is 25.6. The fourth-order valence-corrected chi connectivity index (χ4v) is 3.69. The van der Waals surface area contributed by atoms with Crippen LogP contribution in [-0.4, -0.2) is 44.1 Å². The van der Waals surface area contributed by atoms with E-state index in [-0.39, 0.29) is 10.7 Å². The second-order valence-corrected chi connectivity index (χ2v) is 7.27. The van der Waals surface area contributed by atoms with Gasteiger partial charge in [0.1, 0.15) is 5.82 Å². The molecule has 0 radical (unpaired) electrons. The molecule has 0 bridgehead atoms. The number of piperidine rings is 1. The van der Waals surface area contributed by atoms with Crippen LogP contribution in [0.25, 0.3) is 0 Å². The van der Waals surface area contributed by atoms with Gasteiger partial charge in [-0.3, -0.25) is 0 Å². The lowest BCUT2D eigenvalue weighted by Crippen LogP contribution is -2.39. The van der Waals surface area contributed by atoms with E-state index in [1.54, 1.807) is 0 Å². The molecule has 1 aromatic rings. The predicted molar refractivity (Wildman–Crippen MR) is 79.4 cm³/mol. The number of rotatable bonds is 4. The number of aryl methyl sites for hydroxylation is 1. The first-order chi connectivity index (χ1) is 9.38. The van der Waals surface area contributed by atoms with Gasteiger partial charge in [-0.25, -0.2) is 13.1 Å². The van der Waals surface area contributed by atoms with E-state index < -0.39 is 9.84 Å². The summed E-state index contributed by atoms with van der Waals surface area (Å²) >= 11 is 0. The van der Waals surface area contributed by atoms with Crippen LogP contribution in [0.2, 0.25) is 0 Å². The number of nitrogens with zero attached hydrogens (tertiary/aromatic N) is 3. The molecular formula is C12H23N5O2S. The van der Waals surface area contributed by atoms with Crippen molar-refractivity contribution in [3.8, 4) is 0 Å². The average molecular weight is 301 g/mol. The highest BCUT2D eigenvalue weighted by atomic mass is 32.2. The molecular weight excluding hydrogens is 278 g/mol. The van der Waals surface area contributed by atoms with Crippen LogP contribution < -0.4 is 16.4 Å². The maximum absolute atomic E-state index is 12.0. The van der Waals surface area contributed by atoms with Gasteiger partial charge in [0.15, 0.2) is 20.6 Å². The minimum atomic E-state index is -3.41. The van der Waals surface area contributed by atoms with Crippen LogP contribution in [0, 0.1) is 5.92 Å². The number of nitrogen functional groups attached to an aromatic ring is 1. The first-order valence-electron chi connectivity index (χ1n) is 6.89. The molecule has 1 atom stereocenters. The van der Waals surface area contributed by atoms with Crippen LogP contribution in [-0.2, 0) is 16.4 Å². The van der Waals surface area contributed by atoms with Gasteiger partial charge in [0, 0.05) is 25.9 Å². The molecule has 0 aliphatic carbocycles. The lowest BCUT2D eigenvalue weighted by Gasteiger charge is -2.32. The molecule has 2 rings (SSSR count). The SMILES string of the molecule is CCn1nc(N2CCCC(CN)C2)c(S(C)(=O)=O)c1N. The van der Waals surface area contributed by atoms with E-state index in [0.717, 1.165) is 25.9 Å². The summed E-state index contributed by atoms with van der Waals surface area (Å²) in [7, 11) is -3.41. The van der Waals surface area contributed by atoms with E-state index >= 15 is 0 Å². The van der Waals surface area contributed by atoms with E-state index in [1.807, 2.05) is 11.8 Å². The Hall–Kier alpha value is -1.28. The lowest BCUT2D eigenvalue weighted by atomic mass is 9.98. The Morgan fingerprint density at radius 3 is 2.70 bits per heavy atom. The highest BCUT2D eigenvalue weighted by Gasteiger charge is 2.30. The van der Waals surface area contributed by atoms with Crippen molar-refractivity contribution in [2.75, 3.05) is 36.5 Å². The molecule has 114 valence electrons. The minimum absolute atomic E-state index is 0.150. The van der Waals surface area contributed by atoms with Gasteiger partial charge in [-0.15, -0.1) is 0 Å². The minimum Gasteiger partial charge on any atom is -0.383 e. The zero-order valence-electron chi connectivity index (χ0n) is 12.0. The van der Waals surface area contributed by atoms with Gasteiger partial charge in [0.2, 0.25) is 0 Å². The molecule has 2 heterocycles. The Labute approximate surface area is 119 Å². The van der Waals surface area contributed by atoms with Crippen LogP contribution in [0.15, 0.2) is 4.90 Å². The largest absolute Gasteiger partial charge is 0.383 e. The van der Waals surface area contributed by atoms with Crippen LogP contribution in [0.4, 0.5) is 11.6 Å². The topological polar surface area (TPSA) is 107 Å². The van der Waals surface area contributed by atoms with Crippen molar-refractivity contribution < 1.29 is 8.42 Å². The van der Waals surface area contributed by atoms with Crippen molar-refractivity contribution in [3.63, 3.8) is 0 Å². The lowest BCUT2D eigenvalue weighted by molar-refractivity contribution is 0.419. The summed E-state index contributed by atoms with van der Waals surface area (Å²) in [4.78, 5) is 2.15. The van der Waals surface area contributed by atoms with E-state index in [4.69, 9.17) is 11.5 Å². The highest BCUT2D eigenvalue weighted by molar-refractivity contribution is 7.91. The summed E-state index contributed by atoms with van der Waals surface area (Å²) in [5.41, 5.74) is 11.7. The molecule has 8 heteroatoms. The van der Waals surface area contributed by atoms with E-state index in [0.29, 0.717) is 24.8 Å². The van der Waals surface area contributed by atoms with Crippen LogP contribution in [0.5, 0.6) is 0 Å². The summed E-state index contributed by atoms with van der Waals surface area (Å²) in [5.74, 6) is 1.08. The molecule has 1 aromatic heterocycles. The molecule has 0 saturated carbocycles. The first-order valence-corrected chi connectivity index (χ1v) is 8.79. The molecule has 0 spiro atoms. The van der Waals surface area contributed by atoms with E-state index in [2.05, 4.69) is 5.10 Å². The number of hydrogen-bond acceptors (Lipinski definition) is 6. The fraction of sp³-hybridized carbons (Fsp3) is 0.750. The van der Waals surface area contributed by atoms with Gasteiger partial charge in [-0.2, -0.15) is 5.10 Å². The third kappa shape index (κ3) is 2.76. The number of sulfone groups is 1. The summed E-state index contributed by atoms with van der Waals surface area (Å²) in [5, 5.41) is 4.38. The Morgan fingerprint density at radius 1 is 1.45 bits per heavy atom. The second kappa shape index (κ2) is 5.61.